The van der Waals surface area contributed by atoms with E-state index < -0.39 is 0 Å². The Kier molecular flexibility index (Phi) is 4.40. The fraction of sp³-hybridized carbons (Fsp3) is 0.500. The summed E-state index contributed by atoms with van der Waals surface area (Å²) in [5.74, 6) is 0.552. The molecule has 2 rings (SSSR count). The monoisotopic (exact) mass is 311 g/mol. The molecule has 0 heterocycles. The number of nitrogens with one attached hydrogen (secondary N) is 1. The topological polar surface area (TPSA) is 38.3 Å². The quantitative estimate of drug-likeness (QED) is 0.868. The zero-order valence-corrected chi connectivity index (χ0v) is 12.3. The average Bonchev–Trinajstić information content (AvgIpc) is 2.33. The largest absolute Gasteiger partial charge is 0.465 e. The summed E-state index contributed by atoms with van der Waals surface area (Å²) >= 11 is 3.50. The standard InChI is InChI=1S/C14H18BrNO2/c1-9-5-12(6-9)16-8-11-4-3-10(7-13(11)15)14(17)18-2/h3-4,7,9,12,16H,5-6,8H2,1-2H3. The van der Waals surface area contributed by atoms with Crippen molar-refractivity contribution in [2.24, 2.45) is 5.92 Å². The molecule has 4 heteroatoms. The van der Waals surface area contributed by atoms with Gasteiger partial charge in [-0.15, -0.1) is 0 Å². The van der Waals surface area contributed by atoms with Gasteiger partial charge in [0, 0.05) is 17.1 Å². The molecule has 98 valence electrons. The Morgan fingerprint density at radius 1 is 1.50 bits per heavy atom. The van der Waals surface area contributed by atoms with Crippen LogP contribution in [0.3, 0.4) is 0 Å². The van der Waals surface area contributed by atoms with Crippen LogP contribution in [0, 0.1) is 5.92 Å². The zero-order chi connectivity index (χ0) is 13.1. The highest BCUT2D eigenvalue weighted by atomic mass is 79.9. The molecule has 1 fully saturated rings. The van der Waals surface area contributed by atoms with Crippen LogP contribution in [0.25, 0.3) is 0 Å². The molecule has 0 spiro atoms. The molecule has 1 aliphatic rings. The van der Waals surface area contributed by atoms with Gasteiger partial charge < -0.3 is 10.1 Å². The Morgan fingerprint density at radius 3 is 2.78 bits per heavy atom. The van der Waals surface area contributed by atoms with E-state index in [1.54, 1.807) is 6.07 Å². The maximum absolute atomic E-state index is 11.4. The van der Waals surface area contributed by atoms with Gasteiger partial charge in [-0.3, -0.25) is 0 Å². The van der Waals surface area contributed by atoms with E-state index >= 15 is 0 Å². The van der Waals surface area contributed by atoms with E-state index in [2.05, 4.69) is 28.2 Å². The second-order valence-corrected chi connectivity index (χ2v) is 5.81. The molecule has 1 aliphatic carbocycles. The molecular formula is C14H18BrNO2. The lowest BCUT2D eigenvalue weighted by molar-refractivity contribution is 0.0600. The lowest BCUT2D eigenvalue weighted by atomic mass is 9.82. The van der Waals surface area contributed by atoms with Crippen molar-refractivity contribution in [1.82, 2.24) is 5.32 Å². The lowest BCUT2D eigenvalue weighted by Crippen LogP contribution is -2.39. The molecule has 1 N–H and O–H groups in total. The number of rotatable bonds is 4. The smallest absolute Gasteiger partial charge is 0.337 e. The van der Waals surface area contributed by atoms with Crippen LogP contribution in [-0.4, -0.2) is 19.1 Å². The minimum absolute atomic E-state index is 0.303. The predicted octanol–water partition coefficient (Wildman–Crippen LogP) is 3.12. The van der Waals surface area contributed by atoms with Gasteiger partial charge in [-0.05, 0) is 36.5 Å². The molecule has 0 atom stereocenters. The first kappa shape index (κ1) is 13.6. The molecule has 1 aromatic carbocycles. The Balaban J connectivity index is 1.95. The fourth-order valence-electron chi connectivity index (χ4n) is 2.26. The van der Waals surface area contributed by atoms with Gasteiger partial charge in [0.15, 0.2) is 0 Å². The highest BCUT2D eigenvalue weighted by molar-refractivity contribution is 9.10. The average molecular weight is 312 g/mol. The van der Waals surface area contributed by atoms with Gasteiger partial charge in [0.1, 0.15) is 0 Å². The van der Waals surface area contributed by atoms with E-state index in [4.69, 9.17) is 4.74 Å². The van der Waals surface area contributed by atoms with E-state index in [9.17, 15) is 4.79 Å². The fourth-order valence-corrected chi connectivity index (χ4v) is 2.78. The van der Waals surface area contributed by atoms with Crippen LogP contribution in [0.1, 0.15) is 35.7 Å². The molecule has 18 heavy (non-hydrogen) atoms. The molecule has 0 unspecified atom stereocenters. The van der Waals surface area contributed by atoms with Crippen molar-refractivity contribution < 1.29 is 9.53 Å². The Labute approximate surface area is 116 Å². The van der Waals surface area contributed by atoms with Crippen LogP contribution < -0.4 is 5.32 Å². The minimum atomic E-state index is -0.303. The normalized spacial score (nSPS) is 22.4. The number of benzene rings is 1. The van der Waals surface area contributed by atoms with Gasteiger partial charge >= 0.3 is 5.97 Å². The minimum Gasteiger partial charge on any atom is -0.465 e. The third-order valence-corrected chi connectivity index (χ3v) is 4.17. The van der Waals surface area contributed by atoms with Gasteiger partial charge in [0.2, 0.25) is 0 Å². The molecule has 0 aliphatic heterocycles. The summed E-state index contributed by atoms with van der Waals surface area (Å²) in [5.41, 5.74) is 1.74. The number of methoxy groups -OCH3 is 1. The first-order valence-electron chi connectivity index (χ1n) is 6.20. The molecule has 0 amide bonds. The zero-order valence-electron chi connectivity index (χ0n) is 10.7. The van der Waals surface area contributed by atoms with Crippen LogP contribution in [0.4, 0.5) is 0 Å². The second-order valence-electron chi connectivity index (χ2n) is 4.95. The highest BCUT2D eigenvalue weighted by Gasteiger charge is 2.24. The first-order chi connectivity index (χ1) is 8.60. The number of ether oxygens (including phenoxy) is 1. The van der Waals surface area contributed by atoms with Gasteiger partial charge in [-0.2, -0.15) is 0 Å². The van der Waals surface area contributed by atoms with Crippen molar-refractivity contribution in [1.29, 1.82) is 0 Å². The predicted molar refractivity (Wildman–Crippen MR) is 74.5 cm³/mol. The number of carbonyl (C=O) groups is 1. The molecule has 0 saturated heterocycles. The SMILES string of the molecule is COC(=O)c1ccc(CNC2CC(C)C2)c(Br)c1. The van der Waals surface area contributed by atoms with Gasteiger partial charge in [-0.25, -0.2) is 4.79 Å². The van der Waals surface area contributed by atoms with Crippen molar-refractivity contribution >= 4 is 21.9 Å². The van der Waals surface area contributed by atoms with Gasteiger partial charge in [-0.1, -0.05) is 28.9 Å². The number of hydrogen-bond acceptors (Lipinski definition) is 3. The first-order valence-corrected chi connectivity index (χ1v) is 6.99. The number of halogens is 1. The van der Waals surface area contributed by atoms with Crippen molar-refractivity contribution in [3.63, 3.8) is 0 Å². The summed E-state index contributed by atoms with van der Waals surface area (Å²) in [6.07, 6.45) is 2.52. The van der Waals surface area contributed by atoms with E-state index in [0.29, 0.717) is 11.6 Å². The Morgan fingerprint density at radius 2 is 2.22 bits per heavy atom. The Hall–Kier alpha value is -0.870. The van der Waals surface area contributed by atoms with Gasteiger partial charge in [0.05, 0.1) is 12.7 Å². The molecule has 0 radical (unpaired) electrons. The second kappa shape index (κ2) is 5.85. The summed E-state index contributed by atoms with van der Waals surface area (Å²) in [6, 6.07) is 6.22. The summed E-state index contributed by atoms with van der Waals surface area (Å²) in [5, 5.41) is 3.52. The van der Waals surface area contributed by atoms with Crippen molar-refractivity contribution in [2.45, 2.75) is 32.4 Å². The highest BCUT2D eigenvalue weighted by Crippen LogP contribution is 2.27. The van der Waals surface area contributed by atoms with Crippen molar-refractivity contribution in [2.75, 3.05) is 7.11 Å². The molecule has 1 aromatic rings. The maximum Gasteiger partial charge on any atom is 0.337 e. The van der Waals surface area contributed by atoms with Gasteiger partial charge in [0.25, 0.3) is 0 Å². The van der Waals surface area contributed by atoms with Crippen LogP contribution >= 0.6 is 15.9 Å². The van der Waals surface area contributed by atoms with Crippen LogP contribution in [0.15, 0.2) is 22.7 Å². The Bertz CT molecular complexity index is 441. The molecule has 3 nitrogen and oxygen atoms in total. The van der Waals surface area contributed by atoms with E-state index in [1.807, 2.05) is 12.1 Å². The van der Waals surface area contributed by atoms with Crippen molar-refractivity contribution in [3.05, 3.63) is 33.8 Å². The van der Waals surface area contributed by atoms with E-state index in [1.165, 1.54) is 25.5 Å². The summed E-state index contributed by atoms with van der Waals surface area (Å²) in [6.45, 7) is 3.11. The number of hydrogen-bond donors (Lipinski definition) is 1. The van der Waals surface area contributed by atoms with Crippen LogP contribution in [0.5, 0.6) is 0 Å². The van der Waals surface area contributed by atoms with E-state index in [-0.39, 0.29) is 5.97 Å². The van der Waals surface area contributed by atoms with E-state index in [0.717, 1.165) is 16.9 Å². The third kappa shape index (κ3) is 3.12. The number of carbonyl (C=O) groups excluding carboxylic acids is 1. The van der Waals surface area contributed by atoms with Crippen LogP contribution in [-0.2, 0) is 11.3 Å². The lowest BCUT2D eigenvalue weighted by Gasteiger charge is -2.33. The third-order valence-electron chi connectivity index (χ3n) is 3.43. The van der Waals surface area contributed by atoms with Crippen molar-refractivity contribution in [3.8, 4) is 0 Å². The molecule has 1 saturated carbocycles. The summed E-state index contributed by atoms with van der Waals surface area (Å²) in [4.78, 5) is 11.4. The number of esters is 1. The molecular weight excluding hydrogens is 294 g/mol. The maximum atomic E-state index is 11.4. The summed E-state index contributed by atoms with van der Waals surface area (Å²) < 4.78 is 5.64. The van der Waals surface area contributed by atoms with Crippen LogP contribution in [0.2, 0.25) is 0 Å². The molecule has 0 aromatic heterocycles. The molecule has 0 bridgehead atoms. The summed E-state index contributed by atoms with van der Waals surface area (Å²) in [7, 11) is 1.39.